The number of rotatable bonds is 6. The first-order valence-electron chi connectivity index (χ1n) is 6.57. The lowest BCUT2D eigenvalue weighted by molar-refractivity contribution is -0.123. The topological polar surface area (TPSA) is 74.3 Å². The molecule has 0 bridgehead atoms. The number of nitrogens with one attached hydrogen (secondary N) is 2. The molecule has 0 fully saturated rings. The van der Waals surface area contributed by atoms with Crippen LogP contribution in [0.2, 0.25) is 0 Å². The summed E-state index contributed by atoms with van der Waals surface area (Å²) in [5.41, 5.74) is 1.03. The molecule has 1 heterocycles. The second-order valence-electron chi connectivity index (χ2n) is 5.16. The summed E-state index contributed by atoms with van der Waals surface area (Å²) < 4.78 is 0. The van der Waals surface area contributed by atoms with E-state index in [9.17, 15) is 9.59 Å². The van der Waals surface area contributed by atoms with Crippen molar-refractivity contribution in [1.82, 2.24) is 15.2 Å². The Morgan fingerprint density at radius 2 is 1.95 bits per heavy atom. The highest BCUT2D eigenvalue weighted by molar-refractivity contribution is 5.91. The van der Waals surface area contributed by atoms with E-state index in [0.29, 0.717) is 5.82 Å². The van der Waals surface area contributed by atoms with Gasteiger partial charge >= 0.3 is 0 Å². The number of aryl methyl sites for hydroxylation is 1. The van der Waals surface area contributed by atoms with Crippen molar-refractivity contribution in [3.63, 3.8) is 0 Å². The molecular weight excluding hydrogens is 256 g/mol. The molecule has 0 atom stereocenters. The fourth-order valence-corrected chi connectivity index (χ4v) is 1.70. The molecule has 0 aliphatic carbocycles. The third kappa shape index (κ3) is 6.29. The number of amides is 2. The standard InChI is InChI=1S/C14H22N4O2/c1-10(2)16-13(19)8-18(4)9-14(20)17-12-7-11(3)5-6-15-12/h5-7,10H,8-9H2,1-4H3,(H,16,19)(H,15,17,20). The normalized spacial score (nSPS) is 10.7. The molecule has 1 aromatic heterocycles. The first-order chi connectivity index (χ1) is 9.36. The molecule has 6 nitrogen and oxygen atoms in total. The number of anilines is 1. The summed E-state index contributed by atoms with van der Waals surface area (Å²) in [6.45, 7) is 6.05. The van der Waals surface area contributed by atoms with E-state index in [4.69, 9.17) is 0 Å². The Kier molecular flexibility index (Phi) is 6.11. The lowest BCUT2D eigenvalue weighted by Gasteiger charge is -2.17. The molecule has 0 spiro atoms. The van der Waals surface area contributed by atoms with E-state index in [-0.39, 0.29) is 30.9 Å². The molecule has 20 heavy (non-hydrogen) atoms. The van der Waals surface area contributed by atoms with Crippen LogP contribution in [0, 0.1) is 6.92 Å². The molecule has 0 aliphatic heterocycles. The predicted molar refractivity (Wildman–Crippen MR) is 78.4 cm³/mol. The number of nitrogens with zero attached hydrogens (tertiary/aromatic N) is 2. The average Bonchev–Trinajstić information content (AvgIpc) is 2.26. The summed E-state index contributed by atoms with van der Waals surface area (Å²) in [7, 11) is 1.73. The zero-order valence-electron chi connectivity index (χ0n) is 12.4. The molecule has 0 unspecified atom stereocenters. The molecule has 6 heteroatoms. The number of likely N-dealkylation sites (N-methyl/N-ethyl adjacent to an activating group) is 1. The van der Waals surface area contributed by atoms with E-state index in [0.717, 1.165) is 5.56 Å². The lowest BCUT2D eigenvalue weighted by atomic mass is 10.3. The van der Waals surface area contributed by atoms with Gasteiger partial charge < -0.3 is 10.6 Å². The monoisotopic (exact) mass is 278 g/mol. The minimum absolute atomic E-state index is 0.0935. The second kappa shape index (κ2) is 7.59. The fraction of sp³-hybridized carbons (Fsp3) is 0.500. The summed E-state index contributed by atoms with van der Waals surface area (Å²) in [6.07, 6.45) is 1.64. The number of carbonyl (C=O) groups excluding carboxylic acids is 2. The Labute approximate surface area is 119 Å². The van der Waals surface area contributed by atoms with Gasteiger partial charge in [-0.15, -0.1) is 0 Å². The van der Waals surface area contributed by atoms with Crippen LogP contribution in [0.4, 0.5) is 5.82 Å². The molecule has 0 aliphatic rings. The second-order valence-corrected chi connectivity index (χ2v) is 5.16. The van der Waals surface area contributed by atoms with E-state index in [2.05, 4.69) is 15.6 Å². The summed E-state index contributed by atoms with van der Waals surface area (Å²) in [5.74, 6) is 0.238. The van der Waals surface area contributed by atoms with E-state index in [1.165, 1.54) is 0 Å². The van der Waals surface area contributed by atoms with Crippen LogP contribution in [-0.2, 0) is 9.59 Å². The van der Waals surface area contributed by atoms with Gasteiger partial charge in [0.2, 0.25) is 11.8 Å². The highest BCUT2D eigenvalue weighted by atomic mass is 16.2. The van der Waals surface area contributed by atoms with E-state index in [1.54, 1.807) is 24.2 Å². The minimum Gasteiger partial charge on any atom is -0.353 e. The Morgan fingerprint density at radius 1 is 1.30 bits per heavy atom. The van der Waals surface area contributed by atoms with Gasteiger partial charge in [-0.05, 0) is 45.5 Å². The van der Waals surface area contributed by atoms with E-state index >= 15 is 0 Å². The molecule has 0 aromatic carbocycles. The highest BCUT2D eigenvalue weighted by Gasteiger charge is 2.11. The third-order valence-corrected chi connectivity index (χ3v) is 2.46. The average molecular weight is 278 g/mol. The van der Waals surface area contributed by atoms with Crippen LogP contribution >= 0.6 is 0 Å². The van der Waals surface area contributed by atoms with Gasteiger partial charge in [0.05, 0.1) is 13.1 Å². The number of hydrogen-bond acceptors (Lipinski definition) is 4. The number of hydrogen-bond donors (Lipinski definition) is 2. The summed E-state index contributed by atoms with van der Waals surface area (Å²) in [5, 5.41) is 5.48. The number of pyridine rings is 1. The van der Waals surface area contributed by atoms with Gasteiger partial charge in [-0.3, -0.25) is 14.5 Å². The van der Waals surface area contributed by atoms with Gasteiger partial charge in [0.1, 0.15) is 5.82 Å². The van der Waals surface area contributed by atoms with Crippen LogP contribution in [0.25, 0.3) is 0 Å². The highest BCUT2D eigenvalue weighted by Crippen LogP contribution is 2.04. The Balaban J connectivity index is 2.40. The van der Waals surface area contributed by atoms with Gasteiger partial charge in [-0.2, -0.15) is 0 Å². The van der Waals surface area contributed by atoms with Crippen molar-refractivity contribution < 1.29 is 9.59 Å². The Morgan fingerprint density at radius 3 is 2.55 bits per heavy atom. The molecule has 2 N–H and O–H groups in total. The quantitative estimate of drug-likeness (QED) is 0.806. The molecule has 110 valence electrons. The predicted octanol–water partition coefficient (Wildman–Crippen LogP) is 0.785. The Hall–Kier alpha value is -1.95. The van der Waals surface area contributed by atoms with E-state index < -0.39 is 0 Å². The molecule has 2 amide bonds. The molecule has 0 saturated heterocycles. The summed E-state index contributed by atoms with van der Waals surface area (Å²) in [4.78, 5) is 29.1. The molecular formula is C14H22N4O2. The first-order valence-corrected chi connectivity index (χ1v) is 6.57. The molecule has 0 radical (unpaired) electrons. The van der Waals surface area contributed by atoms with E-state index in [1.807, 2.05) is 26.8 Å². The zero-order chi connectivity index (χ0) is 15.1. The summed E-state index contributed by atoms with van der Waals surface area (Å²) in [6, 6.07) is 3.75. The lowest BCUT2D eigenvalue weighted by Crippen LogP contribution is -2.41. The first kappa shape index (κ1) is 16.1. The maximum absolute atomic E-state index is 11.8. The van der Waals surface area contributed by atoms with Crippen molar-refractivity contribution in [2.75, 3.05) is 25.5 Å². The third-order valence-electron chi connectivity index (χ3n) is 2.46. The van der Waals surface area contributed by atoms with Crippen molar-refractivity contribution >= 4 is 17.6 Å². The van der Waals surface area contributed by atoms with Crippen LogP contribution in [-0.4, -0.2) is 47.9 Å². The van der Waals surface area contributed by atoms with Crippen molar-refractivity contribution in [2.24, 2.45) is 0 Å². The van der Waals surface area contributed by atoms with Crippen LogP contribution in [0.15, 0.2) is 18.3 Å². The van der Waals surface area contributed by atoms with Gasteiger partial charge in [-0.25, -0.2) is 4.98 Å². The van der Waals surface area contributed by atoms with Crippen molar-refractivity contribution in [2.45, 2.75) is 26.8 Å². The van der Waals surface area contributed by atoms with Crippen LogP contribution in [0.1, 0.15) is 19.4 Å². The zero-order valence-corrected chi connectivity index (χ0v) is 12.4. The van der Waals surface area contributed by atoms with Crippen LogP contribution in [0.5, 0.6) is 0 Å². The summed E-state index contributed by atoms with van der Waals surface area (Å²) >= 11 is 0. The smallest absolute Gasteiger partial charge is 0.239 e. The fourth-order valence-electron chi connectivity index (χ4n) is 1.70. The van der Waals surface area contributed by atoms with Gasteiger partial charge in [0.25, 0.3) is 0 Å². The minimum atomic E-state index is -0.192. The largest absolute Gasteiger partial charge is 0.353 e. The number of carbonyl (C=O) groups is 2. The maximum Gasteiger partial charge on any atom is 0.239 e. The Bertz CT molecular complexity index is 474. The van der Waals surface area contributed by atoms with Crippen molar-refractivity contribution in [1.29, 1.82) is 0 Å². The van der Waals surface area contributed by atoms with Gasteiger partial charge in [0, 0.05) is 12.2 Å². The van der Waals surface area contributed by atoms with Crippen molar-refractivity contribution in [3.8, 4) is 0 Å². The maximum atomic E-state index is 11.8. The van der Waals surface area contributed by atoms with Gasteiger partial charge in [-0.1, -0.05) is 0 Å². The van der Waals surface area contributed by atoms with Crippen LogP contribution in [0.3, 0.4) is 0 Å². The van der Waals surface area contributed by atoms with Gasteiger partial charge in [0.15, 0.2) is 0 Å². The van der Waals surface area contributed by atoms with Crippen molar-refractivity contribution in [3.05, 3.63) is 23.9 Å². The SMILES string of the molecule is Cc1ccnc(NC(=O)CN(C)CC(=O)NC(C)C)c1. The molecule has 0 saturated carbocycles. The molecule has 1 rings (SSSR count). The number of aromatic nitrogens is 1. The molecule has 1 aromatic rings. The van der Waals surface area contributed by atoms with Crippen LogP contribution < -0.4 is 10.6 Å².